The van der Waals surface area contributed by atoms with Gasteiger partial charge in [0.1, 0.15) is 11.2 Å². The Morgan fingerprint density at radius 1 is 0.462 bits per heavy atom. The van der Waals surface area contributed by atoms with Crippen molar-refractivity contribution in [3.8, 4) is 27.9 Å². The first-order chi connectivity index (χ1) is 25.7. The summed E-state index contributed by atoms with van der Waals surface area (Å²) in [6.07, 6.45) is 8.93. The number of furan rings is 1. The van der Waals surface area contributed by atoms with Gasteiger partial charge in [-0.05, 0) is 94.9 Å². The molecule has 0 radical (unpaired) electrons. The molecule has 3 heteroatoms. The molecular weight excluding hydrogens is 633 g/mol. The molecule has 2 aromatic heterocycles. The Kier molecular flexibility index (Phi) is 7.17. The van der Waals surface area contributed by atoms with E-state index in [0.717, 1.165) is 39.0 Å². The third-order valence-corrected chi connectivity index (χ3v) is 10.7. The van der Waals surface area contributed by atoms with Crippen LogP contribution in [0.2, 0.25) is 0 Å². The minimum Gasteiger partial charge on any atom is -0.456 e. The molecule has 0 spiro atoms. The molecule has 9 aromatic rings. The number of anilines is 2. The van der Waals surface area contributed by atoms with Crippen molar-refractivity contribution >= 4 is 55.1 Å². The fourth-order valence-electron chi connectivity index (χ4n) is 8.06. The van der Waals surface area contributed by atoms with Crippen molar-refractivity contribution in [1.82, 2.24) is 4.57 Å². The number of fused-ring (bicyclic) bond motifs is 6. The zero-order valence-electron chi connectivity index (χ0n) is 28.9. The van der Waals surface area contributed by atoms with Crippen LogP contribution in [-0.2, 0) is 0 Å². The summed E-state index contributed by atoms with van der Waals surface area (Å²) < 4.78 is 8.57. The predicted molar refractivity (Wildman–Crippen MR) is 219 cm³/mol. The number of para-hydroxylation sites is 2. The first kappa shape index (κ1) is 30.3. The molecule has 0 N–H and O–H groups in total. The zero-order chi connectivity index (χ0) is 34.6. The van der Waals surface area contributed by atoms with Gasteiger partial charge in [0, 0.05) is 38.6 Å². The summed E-state index contributed by atoms with van der Waals surface area (Å²) in [4.78, 5) is 2.47. The third kappa shape index (κ3) is 5.05. The second-order valence-electron chi connectivity index (χ2n) is 13.8. The lowest BCUT2D eigenvalue weighted by Crippen LogP contribution is -2.35. The number of nitrogens with zero attached hydrogens (tertiary/aromatic N) is 2. The van der Waals surface area contributed by atoms with Gasteiger partial charge in [-0.15, -0.1) is 0 Å². The smallest absolute Gasteiger partial charge is 0.135 e. The number of aromatic nitrogens is 1. The van der Waals surface area contributed by atoms with E-state index in [0.29, 0.717) is 5.92 Å². The van der Waals surface area contributed by atoms with Crippen LogP contribution in [0.5, 0.6) is 0 Å². The molecule has 2 heterocycles. The van der Waals surface area contributed by atoms with E-state index in [1.165, 1.54) is 44.1 Å². The number of hydrogen-bond acceptors (Lipinski definition) is 2. The van der Waals surface area contributed by atoms with E-state index in [1.54, 1.807) is 0 Å². The molecule has 3 nitrogen and oxygen atoms in total. The van der Waals surface area contributed by atoms with Gasteiger partial charge in [0.25, 0.3) is 0 Å². The van der Waals surface area contributed by atoms with Gasteiger partial charge in [-0.1, -0.05) is 128 Å². The Morgan fingerprint density at radius 2 is 1.08 bits per heavy atom. The van der Waals surface area contributed by atoms with E-state index in [2.05, 4.69) is 192 Å². The summed E-state index contributed by atoms with van der Waals surface area (Å²) in [7, 11) is 0. The van der Waals surface area contributed by atoms with Gasteiger partial charge < -0.3 is 13.9 Å². The van der Waals surface area contributed by atoms with E-state index in [9.17, 15) is 0 Å². The molecule has 7 aromatic carbocycles. The summed E-state index contributed by atoms with van der Waals surface area (Å²) in [5, 5.41) is 4.78. The van der Waals surface area contributed by atoms with E-state index < -0.39 is 0 Å². The quantitative estimate of drug-likeness (QED) is 0.176. The van der Waals surface area contributed by atoms with Crippen LogP contribution in [0.3, 0.4) is 0 Å². The molecule has 52 heavy (non-hydrogen) atoms. The summed E-state index contributed by atoms with van der Waals surface area (Å²) in [5.41, 5.74) is 12.5. The lowest BCUT2D eigenvalue weighted by molar-refractivity contribution is 0.609. The highest BCUT2D eigenvalue weighted by Gasteiger charge is 2.25. The van der Waals surface area contributed by atoms with Crippen molar-refractivity contribution in [3.63, 3.8) is 0 Å². The molecule has 10 rings (SSSR count). The van der Waals surface area contributed by atoms with Gasteiger partial charge in [0.15, 0.2) is 0 Å². The molecule has 0 amide bonds. The van der Waals surface area contributed by atoms with Gasteiger partial charge >= 0.3 is 0 Å². The van der Waals surface area contributed by atoms with Crippen molar-refractivity contribution in [1.29, 1.82) is 0 Å². The standard InChI is InChI=1S/C49H36N2O/c1-33-11-5-8-16-45(33)50(40-28-30-49-44(32-40)42-15-7-10-18-48(42)52-49)38-24-21-36(22-25-38)37-23-29-47-43(31-37)41-14-6-9-17-46(41)51(47)39-26-19-35(20-27-39)34-12-3-2-4-13-34/h2-33,45H,1H3. The van der Waals surface area contributed by atoms with Crippen LogP contribution in [0.25, 0.3) is 71.7 Å². The van der Waals surface area contributed by atoms with Crippen molar-refractivity contribution in [2.75, 3.05) is 4.90 Å². The average Bonchev–Trinajstić information content (AvgIpc) is 3.75. The Labute approximate surface area is 303 Å². The van der Waals surface area contributed by atoms with Crippen LogP contribution in [0, 0.1) is 5.92 Å². The zero-order valence-corrected chi connectivity index (χ0v) is 28.9. The van der Waals surface area contributed by atoms with E-state index >= 15 is 0 Å². The Balaban J connectivity index is 1.04. The molecule has 0 fully saturated rings. The molecule has 2 unspecified atom stereocenters. The van der Waals surface area contributed by atoms with Gasteiger partial charge in [0.2, 0.25) is 0 Å². The lowest BCUT2D eigenvalue weighted by Gasteiger charge is -2.36. The summed E-state index contributed by atoms with van der Waals surface area (Å²) >= 11 is 0. The Bertz CT molecular complexity index is 2800. The first-order valence-electron chi connectivity index (χ1n) is 18.0. The Morgan fingerprint density at radius 3 is 1.90 bits per heavy atom. The lowest BCUT2D eigenvalue weighted by atomic mass is 9.94. The number of allylic oxidation sites excluding steroid dienone is 2. The molecule has 1 aliphatic carbocycles. The van der Waals surface area contributed by atoms with Gasteiger partial charge in [0.05, 0.1) is 17.1 Å². The summed E-state index contributed by atoms with van der Waals surface area (Å²) in [6.45, 7) is 2.29. The van der Waals surface area contributed by atoms with Gasteiger partial charge in [-0.25, -0.2) is 0 Å². The van der Waals surface area contributed by atoms with Crippen LogP contribution in [-0.4, -0.2) is 10.6 Å². The predicted octanol–water partition coefficient (Wildman–Crippen LogP) is 13.3. The molecule has 0 bridgehead atoms. The topological polar surface area (TPSA) is 21.3 Å². The molecule has 0 saturated heterocycles. The van der Waals surface area contributed by atoms with Crippen molar-refractivity contribution in [2.45, 2.75) is 13.0 Å². The number of benzene rings is 7. The van der Waals surface area contributed by atoms with E-state index in [4.69, 9.17) is 4.42 Å². The maximum absolute atomic E-state index is 6.18. The molecule has 1 aliphatic rings. The van der Waals surface area contributed by atoms with Gasteiger partial charge in [-0.3, -0.25) is 0 Å². The van der Waals surface area contributed by atoms with Crippen LogP contribution in [0.15, 0.2) is 193 Å². The highest BCUT2D eigenvalue weighted by molar-refractivity contribution is 6.10. The fourth-order valence-corrected chi connectivity index (χ4v) is 8.06. The minimum absolute atomic E-state index is 0.177. The second-order valence-corrected chi connectivity index (χ2v) is 13.8. The monoisotopic (exact) mass is 668 g/mol. The molecule has 2 atom stereocenters. The van der Waals surface area contributed by atoms with Crippen LogP contribution in [0.1, 0.15) is 6.92 Å². The normalized spacial score (nSPS) is 15.6. The highest BCUT2D eigenvalue weighted by Crippen LogP contribution is 2.40. The van der Waals surface area contributed by atoms with Crippen molar-refractivity contribution < 1.29 is 4.42 Å². The molecule has 0 saturated carbocycles. The Hall–Kier alpha value is -6.58. The first-order valence-corrected chi connectivity index (χ1v) is 18.0. The molecular formula is C49H36N2O. The van der Waals surface area contributed by atoms with Crippen molar-refractivity contribution in [3.05, 3.63) is 188 Å². The van der Waals surface area contributed by atoms with Crippen LogP contribution >= 0.6 is 0 Å². The number of hydrogen-bond donors (Lipinski definition) is 0. The third-order valence-electron chi connectivity index (χ3n) is 10.7. The second kappa shape index (κ2) is 12.3. The summed E-state index contributed by atoms with van der Waals surface area (Å²) in [6, 6.07) is 59.2. The van der Waals surface area contributed by atoms with Crippen LogP contribution < -0.4 is 4.90 Å². The molecule has 0 aliphatic heterocycles. The SMILES string of the molecule is CC1C=CC=CC1N(c1ccc(-c2ccc3c(c2)c2ccccc2n3-c2ccc(-c3ccccc3)cc2)cc1)c1ccc2oc3ccccc3c2c1. The van der Waals surface area contributed by atoms with Crippen LogP contribution in [0.4, 0.5) is 11.4 Å². The van der Waals surface area contributed by atoms with Gasteiger partial charge in [-0.2, -0.15) is 0 Å². The van der Waals surface area contributed by atoms with Crippen molar-refractivity contribution in [2.24, 2.45) is 5.92 Å². The summed E-state index contributed by atoms with van der Waals surface area (Å²) in [5.74, 6) is 0.343. The van der Waals surface area contributed by atoms with E-state index in [1.807, 2.05) is 12.1 Å². The minimum atomic E-state index is 0.177. The maximum atomic E-state index is 6.18. The fraction of sp³-hybridized carbons (Fsp3) is 0.0612. The largest absolute Gasteiger partial charge is 0.456 e. The van der Waals surface area contributed by atoms with E-state index in [-0.39, 0.29) is 6.04 Å². The molecule has 248 valence electrons. The number of rotatable bonds is 6. The highest BCUT2D eigenvalue weighted by atomic mass is 16.3. The average molecular weight is 669 g/mol. The maximum Gasteiger partial charge on any atom is 0.135 e.